The maximum Gasteiger partial charge on any atom is 0.118 e. The van der Waals surface area contributed by atoms with E-state index >= 15 is 0 Å². The van der Waals surface area contributed by atoms with Crippen LogP contribution in [0.5, 0.6) is 5.75 Å². The van der Waals surface area contributed by atoms with Gasteiger partial charge in [-0.3, -0.25) is 0 Å². The van der Waals surface area contributed by atoms with E-state index in [-0.39, 0.29) is 0 Å². The molecular formula is C17H23BrO. The maximum atomic E-state index is 5.20. The molecule has 2 bridgehead atoms. The van der Waals surface area contributed by atoms with Crippen LogP contribution in [-0.2, 0) is 6.42 Å². The number of fused-ring (bicyclic) bond motifs is 2. The van der Waals surface area contributed by atoms with E-state index in [0.29, 0.717) is 4.83 Å². The van der Waals surface area contributed by atoms with E-state index in [9.17, 15) is 0 Å². The number of rotatable bonds is 5. The highest BCUT2D eigenvalue weighted by Crippen LogP contribution is 2.50. The van der Waals surface area contributed by atoms with Crippen molar-refractivity contribution in [3.05, 3.63) is 29.8 Å². The Kier molecular flexibility index (Phi) is 4.16. The van der Waals surface area contributed by atoms with Gasteiger partial charge in [-0.2, -0.15) is 0 Å². The molecule has 2 saturated carbocycles. The highest BCUT2D eigenvalue weighted by Gasteiger charge is 2.39. The summed E-state index contributed by atoms with van der Waals surface area (Å²) in [5.74, 6) is 4.04. The van der Waals surface area contributed by atoms with E-state index in [2.05, 4.69) is 40.2 Å². The number of halogens is 1. The minimum absolute atomic E-state index is 0.630. The molecule has 2 aliphatic rings. The van der Waals surface area contributed by atoms with E-state index in [1.54, 1.807) is 7.11 Å². The summed E-state index contributed by atoms with van der Waals surface area (Å²) in [6.45, 7) is 0. The van der Waals surface area contributed by atoms with E-state index in [0.717, 1.165) is 29.9 Å². The largest absolute Gasteiger partial charge is 0.497 e. The van der Waals surface area contributed by atoms with Gasteiger partial charge in [0.2, 0.25) is 0 Å². The molecule has 0 aliphatic heterocycles. The fourth-order valence-corrected chi connectivity index (χ4v) is 4.95. The molecular weight excluding hydrogens is 300 g/mol. The zero-order valence-electron chi connectivity index (χ0n) is 11.6. The average molecular weight is 323 g/mol. The lowest BCUT2D eigenvalue weighted by Gasteiger charge is -2.24. The standard InChI is InChI=1S/C17H23BrO/c1-19-17-6-3-12(4-7-17)10-16(18)11-15-9-13-2-5-14(15)8-13/h3-4,6-7,13-16H,2,5,8-11H2,1H3. The lowest BCUT2D eigenvalue weighted by atomic mass is 9.85. The van der Waals surface area contributed by atoms with Gasteiger partial charge >= 0.3 is 0 Å². The molecule has 0 amide bonds. The number of benzene rings is 1. The molecule has 4 unspecified atom stereocenters. The Morgan fingerprint density at radius 1 is 1.21 bits per heavy atom. The van der Waals surface area contributed by atoms with Crippen molar-refractivity contribution in [2.45, 2.75) is 43.4 Å². The molecule has 0 heterocycles. The fourth-order valence-electron chi connectivity index (χ4n) is 4.09. The lowest BCUT2D eigenvalue weighted by Crippen LogP contribution is -2.16. The van der Waals surface area contributed by atoms with Crippen LogP contribution in [0, 0.1) is 17.8 Å². The highest BCUT2D eigenvalue weighted by atomic mass is 79.9. The van der Waals surface area contributed by atoms with Crippen LogP contribution in [0.1, 0.15) is 37.7 Å². The van der Waals surface area contributed by atoms with Gasteiger partial charge in [0.25, 0.3) is 0 Å². The molecule has 0 spiro atoms. The van der Waals surface area contributed by atoms with Crippen LogP contribution in [0.15, 0.2) is 24.3 Å². The molecule has 4 atom stereocenters. The molecule has 1 nitrogen and oxygen atoms in total. The predicted molar refractivity (Wildman–Crippen MR) is 83.0 cm³/mol. The molecule has 0 radical (unpaired) electrons. The van der Waals surface area contributed by atoms with Crippen LogP contribution in [0.25, 0.3) is 0 Å². The summed E-state index contributed by atoms with van der Waals surface area (Å²) in [7, 11) is 1.72. The van der Waals surface area contributed by atoms with Gasteiger partial charge in [-0.25, -0.2) is 0 Å². The summed E-state index contributed by atoms with van der Waals surface area (Å²) >= 11 is 3.90. The lowest BCUT2D eigenvalue weighted by molar-refractivity contribution is 0.313. The first-order valence-electron chi connectivity index (χ1n) is 7.51. The van der Waals surface area contributed by atoms with Gasteiger partial charge in [-0.05, 0) is 67.6 Å². The first-order chi connectivity index (χ1) is 9.24. The number of alkyl halides is 1. The molecule has 104 valence electrons. The Labute approximate surface area is 124 Å². The molecule has 2 fully saturated rings. The van der Waals surface area contributed by atoms with E-state index in [4.69, 9.17) is 4.74 Å². The van der Waals surface area contributed by atoms with Crippen LogP contribution in [0.4, 0.5) is 0 Å². The second-order valence-electron chi connectivity index (χ2n) is 6.32. The number of hydrogen-bond acceptors (Lipinski definition) is 1. The summed E-state index contributed by atoms with van der Waals surface area (Å²) in [5, 5.41) is 0. The molecule has 19 heavy (non-hydrogen) atoms. The Balaban J connectivity index is 1.51. The van der Waals surface area contributed by atoms with Crippen molar-refractivity contribution < 1.29 is 4.74 Å². The summed E-state index contributed by atoms with van der Waals surface area (Å²) in [6.07, 6.45) is 8.51. The fraction of sp³-hybridized carbons (Fsp3) is 0.647. The van der Waals surface area contributed by atoms with Gasteiger partial charge in [-0.15, -0.1) is 0 Å². The number of hydrogen-bond donors (Lipinski definition) is 0. The van der Waals surface area contributed by atoms with Crippen LogP contribution < -0.4 is 4.74 Å². The van der Waals surface area contributed by atoms with Gasteiger partial charge in [-0.1, -0.05) is 34.5 Å². The molecule has 2 aliphatic carbocycles. The third-order valence-corrected chi connectivity index (χ3v) is 5.76. The SMILES string of the molecule is COc1ccc(CC(Br)CC2CC3CCC2C3)cc1. The van der Waals surface area contributed by atoms with E-state index in [1.807, 2.05) is 0 Å². The first-order valence-corrected chi connectivity index (χ1v) is 8.43. The van der Waals surface area contributed by atoms with Crippen LogP contribution in [0.2, 0.25) is 0 Å². The average Bonchev–Trinajstić information content (AvgIpc) is 3.02. The number of methoxy groups -OCH3 is 1. The van der Waals surface area contributed by atoms with Crippen LogP contribution in [0.3, 0.4) is 0 Å². The number of ether oxygens (including phenoxy) is 1. The van der Waals surface area contributed by atoms with Crippen molar-refractivity contribution in [3.63, 3.8) is 0 Å². The minimum atomic E-state index is 0.630. The van der Waals surface area contributed by atoms with Crippen molar-refractivity contribution in [1.82, 2.24) is 0 Å². The molecule has 1 aromatic rings. The summed E-state index contributed by atoms with van der Waals surface area (Å²) in [6, 6.07) is 8.50. The second kappa shape index (κ2) is 5.87. The Morgan fingerprint density at radius 3 is 2.58 bits per heavy atom. The van der Waals surface area contributed by atoms with Gasteiger partial charge in [0.05, 0.1) is 7.11 Å². The van der Waals surface area contributed by atoms with Crippen molar-refractivity contribution in [2.24, 2.45) is 17.8 Å². The molecule has 0 N–H and O–H groups in total. The van der Waals surface area contributed by atoms with Gasteiger partial charge < -0.3 is 4.74 Å². The predicted octanol–water partition coefficient (Wildman–Crippen LogP) is 4.83. The summed E-state index contributed by atoms with van der Waals surface area (Å²) < 4.78 is 5.20. The molecule has 3 rings (SSSR count). The Bertz CT molecular complexity index is 414. The molecule has 1 aromatic carbocycles. The molecule has 0 aromatic heterocycles. The topological polar surface area (TPSA) is 9.23 Å². The summed E-state index contributed by atoms with van der Waals surface area (Å²) in [5.41, 5.74) is 1.41. The monoisotopic (exact) mass is 322 g/mol. The second-order valence-corrected chi connectivity index (χ2v) is 7.62. The zero-order chi connectivity index (χ0) is 13.2. The Morgan fingerprint density at radius 2 is 2.00 bits per heavy atom. The third-order valence-electron chi connectivity index (χ3n) is 5.06. The smallest absolute Gasteiger partial charge is 0.118 e. The van der Waals surface area contributed by atoms with Crippen molar-refractivity contribution in [2.75, 3.05) is 7.11 Å². The molecule has 2 heteroatoms. The molecule has 0 saturated heterocycles. The minimum Gasteiger partial charge on any atom is -0.497 e. The third kappa shape index (κ3) is 3.16. The summed E-state index contributed by atoms with van der Waals surface area (Å²) in [4.78, 5) is 0.630. The van der Waals surface area contributed by atoms with Gasteiger partial charge in [0.15, 0.2) is 0 Å². The highest BCUT2D eigenvalue weighted by molar-refractivity contribution is 9.09. The van der Waals surface area contributed by atoms with Crippen molar-refractivity contribution >= 4 is 15.9 Å². The van der Waals surface area contributed by atoms with Crippen LogP contribution >= 0.6 is 15.9 Å². The van der Waals surface area contributed by atoms with E-state index < -0.39 is 0 Å². The van der Waals surface area contributed by atoms with Gasteiger partial charge in [0, 0.05) is 4.83 Å². The van der Waals surface area contributed by atoms with Gasteiger partial charge in [0.1, 0.15) is 5.75 Å². The van der Waals surface area contributed by atoms with Crippen LogP contribution in [-0.4, -0.2) is 11.9 Å². The van der Waals surface area contributed by atoms with E-state index in [1.165, 1.54) is 37.7 Å². The normalized spacial score (nSPS) is 30.5. The Hall–Kier alpha value is -0.500. The zero-order valence-corrected chi connectivity index (χ0v) is 13.2. The maximum absolute atomic E-state index is 5.20. The van der Waals surface area contributed by atoms with Crippen molar-refractivity contribution in [1.29, 1.82) is 0 Å². The first kappa shape index (κ1) is 13.5. The quantitative estimate of drug-likeness (QED) is 0.706. The van der Waals surface area contributed by atoms with Crippen molar-refractivity contribution in [3.8, 4) is 5.75 Å².